The quantitative estimate of drug-likeness (QED) is 0.845. The molecule has 2 N–H and O–H groups in total. The van der Waals surface area contributed by atoms with Crippen molar-refractivity contribution in [1.29, 1.82) is 0 Å². The lowest BCUT2D eigenvalue weighted by atomic mass is 9.80. The van der Waals surface area contributed by atoms with Crippen molar-refractivity contribution >= 4 is 10.0 Å². The molecule has 5 nitrogen and oxygen atoms in total. The zero-order valence-electron chi connectivity index (χ0n) is 10.2. The van der Waals surface area contributed by atoms with E-state index in [9.17, 15) is 8.42 Å². The SMILES string of the molecule is COC1(CNS(=O)(=O)c2ccc(O)cc2)CCC1. The van der Waals surface area contributed by atoms with Crippen LogP contribution in [0.15, 0.2) is 29.2 Å². The Bertz CT molecular complexity index is 500. The van der Waals surface area contributed by atoms with E-state index in [-0.39, 0.29) is 22.8 Å². The summed E-state index contributed by atoms with van der Waals surface area (Å²) in [5, 5.41) is 9.13. The monoisotopic (exact) mass is 271 g/mol. The molecule has 0 bridgehead atoms. The maximum atomic E-state index is 12.0. The highest BCUT2D eigenvalue weighted by Crippen LogP contribution is 2.34. The van der Waals surface area contributed by atoms with Crippen LogP contribution in [0.2, 0.25) is 0 Å². The third-order valence-corrected chi connectivity index (χ3v) is 4.85. The van der Waals surface area contributed by atoms with Gasteiger partial charge in [-0.1, -0.05) is 0 Å². The Morgan fingerprint density at radius 3 is 2.39 bits per heavy atom. The highest BCUT2D eigenvalue weighted by Gasteiger charge is 2.37. The predicted octanol–water partition coefficient (Wildman–Crippen LogP) is 1.24. The highest BCUT2D eigenvalue weighted by molar-refractivity contribution is 7.89. The van der Waals surface area contributed by atoms with Crippen molar-refractivity contribution < 1.29 is 18.3 Å². The van der Waals surface area contributed by atoms with Crippen molar-refractivity contribution in [3.8, 4) is 5.75 Å². The van der Waals surface area contributed by atoms with Crippen LogP contribution in [0, 0.1) is 0 Å². The molecule has 1 aliphatic rings. The molecule has 0 saturated heterocycles. The molecule has 0 spiro atoms. The second-order valence-electron chi connectivity index (χ2n) is 4.56. The van der Waals surface area contributed by atoms with Crippen LogP contribution in [0.5, 0.6) is 5.75 Å². The Morgan fingerprint density at radius 2 is 1.94 bits per heavy atom. The summed E-state index contributed by atoms with van der Waals surface area (Å²) in [5.74, 6) is 0.0429. The van der Waals surface area contributed by atoms with Gasteiger partial charge >= 0.3 is 0 Å². The number of phenolic OH excluding ortho intramolecular Hbond substituents is 1. The zero-order valence-corrected chi connectivity index (χ0v) is 11.0. The van der Waals surface area contributed by atoms with Crippen LogP contribution in [0.4, 0.5) is 0 Å². The molecule has 0 heterocycles. The first-order chi connectivity index (χ1) is 8.47. The third-order valence-electron chi connectivity index (χ3n) is 3.43. The molecule has 1 aromatic rings. The number of hydrogen-bond donors (Lipinski definition) is 2. The van der Waals surface area contributed by atoms with Crippen molar-refractivity contribution in [3.63, 3.8) is 0 Å². The molecule has 18 heavy (non-hydrogen) atoms. The van der Waals surface area contributed by atoms with Crippen molar-refractivity contribution in [2.24, 2.45) is 0 Å². The molecule has 0 radical (unpaired) electrons. The van der Waals surface area contributed by atoms with E-state index in [2.05, 4.69) is 4.72 Å². The van der Waals surface area contributed by atoms with E-state index < -0.39 is 10.0 Å². The number of phenols is 1. The van der Waals surface area contributed by atoms with E-state index in [1.807, 2.05) is 0 Å². The lowest BCUT2D eigenvalue weighted by Crippen LogP contribution is -2.49. The van der Waals surface area contributed by atoms with E-state index in [1.165, 1.54) is 24.3 Å². The molecule has 1 aromatic carbocycles. The number of rotatable bonds is 5. The standard InChI is InChI=1S/C12H17NO4S/c1-17-12(7-2-8-12)9-13-18(15,16)11-5-3-10(14)4-6-11/h3-6,13-14H,2,7-9H2,1H3. The second-order valence-corrected chi connectivity index (χ2v) is 6.33. The van der Waals surface area contributed by atoms with Gasteiger partial charge in [-0.3, -0.25) is 0 Å². The van der Waals surface area contributed by atoms with Gasteiger partial charge in [-0.25, -0.2) is 13.1 Å². The van der Waals surface area contributed by atoms with Crippen LogP contribution in [-0.4, -0.2) is 32.8 Å². The minimum absolute atomic E-state index is 0.0429. The fraction of sp³-hybridized carbons (Fsp3) is 0.500. The number of aromatic hydroxyl groups is 1. The molecular weight excluding hydrogens is 254 g/mol. The van der Waals surface area contributed by atoms with Gasteiger partial charge in [-0.2, -0.15) is 0 Å². The van der Waals surface area contributed by atoms with Gasteiger partial charge < -0.3 is 9.84 Å². The normalized spacial score (nSPS) is 18.3. The van der Waals surface area contributed by atoms with Gasteiger partial charge in [-0.05, 0) is 43.5 Å². The molecule has 1 aliphatic carbocycles. The fourth-order valence-corrected chi connectivity index (χ4v) is 3.07. The van der Waals surface area contributed by atoms with Gasteiger partial charge in [0.25, 0.3) is 0 Å². The van der Waals surface area contributed by atoms with Gasteiger partial charge in [0.05, 0.1) is 10.5 Å². The average molecular weight is 271 g/mol. The van der Waals surface area contributed by atoms with Crippen LogP contribution in [0.25, 0.3) is 0 Å². The van der Waals surface area contributed by atoms with E-state index in [1.54, 1.807) is 7.11 Å². The minimum Gasteiger partial charge on any atom is -0.508 e. The Balaban J connectivity index is 2.05. The van der Waals surface area contributed by atoms with Crippen LogP contribution < -0.4 is 4.72 Å². The van der Waals surface area contributed by atoms with E-state index in [0.717, 1.165) is 19.3 Å². The van der Waals surface area contributed by atoms with E-state index in [0.29, 0.717) is 0 Å². The summed E-state index contributed by atoms with van der Waals surface area (Å²) in [7, 11) is -1.93. The summed E-state index contributed by atoms with van der Waals surface area (Å²) in [6.07, 6.45) is 2.82. The minimum atomic E-state index is -3.54. The van der Waals surface area contributed by atoms with Crippen LogP contribution >= 0.6 is 0 Å². The summed E-state index contributed by atoms with van der Waals surface area (Å²) in [6.45, 7) is 0.284. The Morgan fingerprint density at radius 1 is 1.33 bits per heavy atom. The molecule has 1 saturated carbocycles. The maximum Gasteiger partial charge on any atom is 0.240 e. The molecule has 2 rings (SSSR count). The van der Waals surface area contributed by atoms with Gasteiger partial charge in [0.15, 0.2) is 0 Å². The van der Waals surface area contributed by atoms with Gasteiger partial charge in [0.1, 0.15) is 5.75 Å². The number of sulfonamides is 1. The molecular formula is C12H17NO4S. The number of nitrogens with one attached hydrogen (secondary N) is 1. The first-order valence-electron chi connectivity index (χ1n) is 5.81. The fourth-order valence-electron chi connectivity index (χ4n) is 1.96. The molecule has 6 heteroatoms. The first-order valence-corrected chi connectivity index (χ1v) is 7.30. The second kappa shape index (κ2) is 4.87. The molecule has 0 atom stereocenters. The predicted molar refractivity (Wildman–Crippen MR) is 66.9 cm³/mol. The molecule has 0 unspecified atom stereocenters. The third kappa shape index (κ3) is 2.66. The van der Waals surface area contributed by atoms with Crippen molar-refractivity contribution in [3.05, 3.63) is 24.3 Å². The Labute approximate surface area is 107 Å². The summed E-state index contributed by atoms with van der Waals surface area (Å²) in [5.41, 5.74) is -0.343. The first kappa shape index (κ1) is 13.3. The molecule has 0 aliphatic heterocycles. The van der Waals surface area contributed by atoms with Crippen molar-refractivity contribution in [2.45, 2.75) is 29.8 Å². The Kier molecular flexibility index (Phi) is 3.61. The summed E-state index contributed by atoms with van der Waals surface area (Å²) in [4.78, 5) is 0.144. The van der Waals surface area contributed by atoms with Gasteiger partial charge in [0, 0.05) is 13.7 Å². The van der Waals surface area contributed by atoms with Crippen LogP contribution in [-0.2, 0) is 14.8 Å². The molecule has 1 fully saturated rings. The highest BCUT2D eigenvalue weighted by atomic mass is 32.2. The Hall–Kier alpha value is -1.11. The number of hydrogen-bond acceptors (Lipinski definition) is 4. The molecule has 100 valence electrons. The van der Waals surface area contributed by atoms with Crippen molar-refractivity contribution in [1.82, 2.24) is 4.72 Å². The van der Waals surface area contributed by atoms with Crippen LogP contribution in [0.3, 0.4) is 0 Å². The smallest absolute Gasteiger partial charge is 0.240 e. The van der Waals surface area contributed by atoms with Crippen molar-refractivity contribution in [2.75, 3.05) is 13.7 Å². The maximum absolute atomic E-state index is 12.0. The number of benzene rings is 1. The molecule has 0 amide bonds. The summed E-state index contributed by atoms with van der Waals surface area (Å²) >= 11 is 0. The topological polar surface area (TPSA) is 75.6 Å². The largest absolute Gasteiger partial charge is 0.508 e. The lowest BCUT2D eigenvalue weighted by molar-refractivity contribution is -0.0659. The molecule has 0 aromatic heterocycles. The zero-order chi connectivity index (χ0) is 13.2. The van der Waals surface area contributed by atoms with Crippen LogP contribution in [0.1, 0.15) is 19.3 Å². The summed E-state index contributed by atoms with van der Waals surface area (Å²) in [6, 6.07) is 5.45. The number of methoxy groups -OCH3 is 1. The van der Waals surface area contributed by atoms with Gasteiger partial charge in [-0.15, -0.1) is 0 Å². The average Bonchev–Trinajstić information content (AvgIpc) is 2.29. The number of ether oxygens (including phenoxy) is 1. The van der Waals surface area contributed by atoms with Gasteiger partial charge in [0.2, 0.25) is 10.0 Å². The van der Waals surface area contributed by atoms with E-state index >= 15 is 0 Å². The summed E-state index contributed by atoms with van der Waals surface area (Å²) < 4.78 is 31.9. The van der Waals surface area contributed by atoms with E-state index in [4.69, 9.17) is 9.84 Å². The lowest BCUT2D eigenvalue weighted by Gasteiger charge is -2.40.